The van der Waals surface area contributed by atoms with E-state index in [0.717, 1.165) is 0 Å². The van der Waals surface area contributed by atoms with E-state index in [1.165, 1.54) is 36.2 Å². The van der Waals surface area contributed by atoms with Crippen LogP contribution in [0.1, 0.15) is 5.56 Å². The molecule has 0 bridgehead atoms. The number of aromatic nitrogens is 1. The third kappa shape index (κ3) is 3.64. The van der Waals surface area contributed by atoms with Crippen LogP contribution in [0.3, 0.4) is 0 Å². The fourth-order valence-corrected chi connectivity index (χ4v) is 3.40. The second kappa shape index (κ2) is 6.88. The van der Waals surface area contributed by atoms with Crippen LogP contribution in [0.15, 0.2) is 53.7 Å². The van der Waals surface area contributed by atoms with Crippen LogP contribution >= 0.6 is 0 Å². The number of hydrogen-bond donors (Lipinski definition) is 1. The van der Waals surface area contributed by atoms with E-state index in [2.05, 4.69) is 0 Å². The first kappa shape index (κ1) is 16.4. The quantitative estimate of drug-likeness (QED) is 0.512. The van der Waals surface area contributed by atoms with Crippen LogP contribution in [0.5, 0.6) is 5.75 Å². The Bertz CT molecular complexity index is 909. The number of allylic oxidation sites excluding steroid dienone is 1. The predicted octanol–water partition coefficient (Wildman–Crippen LogP) is 1.57. The van der Waals surface area contributed by atoms with E-state index in [4.69, 9.17) is 15.4 Å². The number of sulfone groups is 1. The first-order chi connectivity index (χ1) is 11.0. The highest BCUT2D eigenvalue weighted by atomic mass is 32.2. The van der Waals surface area contributed by atoms with Gasteiger partial charge in [0.15, 0.2) is 27.9 Å². The number of nitriles is 1. The van der Waals surface area contributed by atoms with Gasteiger partial charge in [-0.25, -0.2) is 8.42 Å². The lowest BCUT2D eigenvalue weighted by Crippen LogP contribution is -2.31. The molecule has 2 rings (SSSR count). The summed E-state index contributed by atoms with van der Waals surface area (Å²) in [5.74, 6) is 2.10. The Kier molecular flexibility index (Phi) is 4.91. The summed E-state index contributed by atoms with van der Waals surface area (Å²) in [7, 11) is -2.09. The molecule has 0 saturated heterocycles. The van der Waals surface area contributed by atoms with Crippen molar-refractivity contribution in [1.82, 2.24) is 0 Å². The van der Waals surface area contributed by atoms with Crippen LogP contribution < -0.4 is 9.30 Å². The minimum absolute atomic E-state index is 0.0271. The van der Waals surface area contributed by atoms with Gasteiger partial charge in [0.2, 0.25) is 6.20 Å². The molecule has 1 N–H and O–H groups in total. The molecule has 23 heavy (non-hydrogen) atoms. The van der Waals surface area contributed by atoms with E-state index < -0.39 is 9.84 Å². The molecule has 0 radical (unpaired) electrons. The second-order valence-corrected chi connectivity index (χ2v) is 6.59. The maximum absolute atomic E-state index is 12.4. The second-order valence-electron chi connectivity index (χ2n) is 4.60. The summed E-state index contributed by atoms with van der Waals surface area (Å²) in [6, 6.07) is 11.5. The van der Waals surface area contributed by atoms with Gasteiger partial charge in [-0.05, 0) is 12.1 Å². The minimum atomic E-state index is -3.50. The lowest BCUT2D eigenvalue weighted by Gasteiger charge is -2.08. The van der Waals surface area contributed by atoms with Crippen LogP contribution in [-0.4, -0.2) is 21.4 Å². The molecular weight excluding hydrogens is 314 g/mol. The number of nitrogens with one attached hydrogen (secondary N) is 1. The molecule has 6 nitrogen and oxygen atoms in total. The average molecular weight is 328 g/mol. The SMILES string of the molecule is COc1c[n+](C(=C=N)C#N)ccc1CS(=O)(=O)c1ccccc1. The highest BCUT2D eigenvalue weighted by molar-refractivity contribution is 7.90. The maximum atomic E-state index is 12.4. The zero-order chi connectivity index (χ0) is 16.9. The standard InChI is InChI=1S/C16H14N3O3S/c1-22-16-11-19(14(9-17)10-18)8-7-13(16)12-23(20,21)15-5-3-2-4-6-15/h2-8,11,17H,12H2,1H3/q+1. The molecule has 1 heterocycles. The Morgan fingerprint density at radius 3 is 2.57 bits per heavy atom. The number of hydrogen-bond acceptors (Lipinski definition) is 5. The summed E-state index contributed by atoms with van der Waals surface area (Å²) in [6.07, 6.45) is 2.95. The molecule has 1 aromatic heterocycles. The zero-order valence-electron chi connectivity index (χ0n) is 12.4. The Morgan fingerprint density at radius 2 is 2.00 bits per heavy atom. The molecule has 7 heteroatoms. The summed E-state index contributed by atoms with van der Waals surface area (Å²) in [5, 5.41) is 16.0. The normalized spacial score (nSPS) is 10.4. The van der Waals surface area contributed by atoms with Gasteiger partial charge in [0.1, 0.15) is 0 Å². The van der Waals surface area contributed by atoms with Gasteiger partial charge in [-0.2, -0.15) is 5.26 Å². The van der Waals surface area contributed by atoms with E-state index in [1.54, 1.807) is 24.3 Å². The topological polar surface area (TPSA) is 94.9 Å². The van der Waals surface area contributed by atoms with Crippen molar-refractivity contribution in [2.45, 2.75) is 10.6 Å². The molecular formula is C16H14N3O3S+. The van der Waals surface area contributed by atoms with Crippen molar-refractivity contribution in [2.75, 3.05) is 7.11 Å². The number of ether oxygens (including phenoxy) is 1. The Morgan fingerprint density at radius 1 is 1.30 bits per heavy atom. The van der Waals surface area contributed by atoms with Gasteiger partial charge in [0.05, 0.1) is 23.6 Å². The largest absolute Gasteiger partial charge is 0.491 e. The molecule has 0 unspecified atom stereocenters. The van der Waals surface area contributed by atoms with Crippen molar-refractivity contribution in [3.05, 3.63) is 54.4 Å². The van der Waals surface area contributed by atoms with Crippen LogP contribution in [-0.2, 0) is 15.6 Å². The minimum Gasteiger partial charge on any atom is -0.491 e. The van der Waals surface area contributed by atoms with Crippen LogP contribution in [0.2, 0.25) is 0 Å². The summed E-state index contributed by atoms with van der Waals surface area (Å²) in [4.78, 5) is 0.232. The monoisotopic (exact) mass is 328 g/mol. The number of nitrogens with zero attached hydrogens (tertiary/aromatic N) is 2. The Labute approximate surface area is 134 Å². The van der Waals surface area contributed by atoms with Gasteiger partial charge >= 0.3 is 5.70 Å². The van der Waals surface area contributed by atoms with E-state index in [9.17, 15) is 8.42 Å². The van der Waals surface area contributed by atoms with Gasteiger partial charge in [-0.3, -0.25) is 5.41 Å². The third-order valence-electron chi connectivity index (χ3n) is 3.16. The van der Waals surface area contributed by atoms with Gasteiger partial charge in [-0.15, -0.1) is 4.57 Å². The van der Waals surface area contributed by atoms with E-state index in [-0.39, 0.29) is 16.3 Å². The Balaban J connectivity index is 2.42. The molecule has 2 aromatic rings. The maximum Gasteiger partial charge on any atom is 0.351 e. The number of rotatable bonds is 5. The van der Waals surface area contributed by atoms with Crippen LogP contribution in [0.25, 0.3) is 5.70 Å². The lowest BCUT2D eigenvalue weighted by molar-refractivity contribution is -0.576. The predicted molar refractivity (Wildman–Crippen MR) is 83.6 cm³/mol. The van der Waals surface area contributed by atoms with Gasteiger partial charge < -0.3 is 4.74 Å². The summed E-state index contributed by atoms with van der Waals surface area (Å²) < 4.78 is 31.4. The number of methoxy groups -OCH3 is 1. The first-order valence-corrected chi connectivity index (χ1v) is 8.23. The molecule has 0 saturated carbocycles. The molecule has 1 aromatic carbocycles. The van der Waals surface area contributed by atoms with Crippen molar-refractivity contribution >= 4 is 21.4 Å². The molecule has 0 aliphatic rings. The van der Waals surface area contributed by atoms with Gasteiger partial charge in [0, 0.05) is 11.6 Å². The van der Waals surface area contributed by atoms with Crippen molar-refractivity contribution < 1.29 is 17.7 Å². The first-order valence-electron chi connectivity index (χ1n) is 6.58. The molecule has 0 amide bonds. The smallest absolute Gasteiger partial charge is 0.351 e. The Hall–Kier alpha value is -2.94. The van der Waals surface area contributed by atoms with Crippen LogP contribution in [0.4, 0.5) is 0 Å². The number of pyridine rings is 1. The molecule has 0 spiro atoms. The van der Waals surface area contributed by atoms with Crippen molar-refractivity contribution in [1.29, 1.82) is 10.7 Å². The summed E-state index contributed by atoms with van der Waals surface area (Å²) in [6.45, 7) is 0. The number of benzene rings is 1. The highest BCUT2D eigenvalue weighted by Gasteiger charge is 2.21. The van der Waals surface area contributed by atoms with Gasteiger partial charge in [0.25, 0.3) is 0 Å². The fraction of sp³-hybridized carbons (Fsp3) is 0.125. The lowest BCUT2D eigenvalue weighted by atomic mass is 10.2. The summed E-state index contributed by atoms with van der Waals surface area (Å²) in [5.41, 5.74) is 0.440. The molecule has 0 aliphatic carbocycles. The van der Waals surface area contributed by atoms with Crippen LogP contribution in [0, 0.1) is 16.7 Å². The third-order valence-corrected chi connectivity index (χ3v) is 4.84. The molecule has 0 fully saturated rings. The molecule has 0 aliphatic heterocycles. The van der Waals surface area contributed by atoms with Crippen molar-refractivity contribution in [3.8, 4) is 11.8 Å². The molecule has 0 atom stereocenters. The van der Waals surface area contributed by atoms with E-state index in [0.29, 0.717) is 11.3 Å². The van der Waals surface area contributed by atoms with Crippen molar-refractivity contribution in [3.63, 3.8) is 0 Å². The average Bonchev–Trinajstić information content (AvgIpc) is 2.57. The summed E-state index contributed by atoms with van der Waals surface area (Å²) >= 11 is 0. The van der Waals surface area contributed by atoms with Crippen molar-refractivity contribution in [2.24, 2.45) is 0 Å². The highest BCUT2D eigenvalue weighted by Crippen LogP contribution is 2.22. The fourth-order valence-electron chi connectivity index (χ4n) is 2.01. The molecule has 116 valence electrons. The van der Waals surface area contributed by atoms with E-state index in [1.807, 2.05) is 11.9 Å². The van der Waals surface area contributed by atoms with E-state index >= 15 is 0 Å². The van der Waals surface area contributed by atoms with Gasteiger partial charge in [-0.1, -0.05) is 18.2 Å². The zero-order valence-corrected chi connectivity index (χ0v) is 13.2.